The molecule has 3 nitrogen and oxygen atoms in total. The zero-order valence-electron chi connectivity index (χ0n) is 12.7. The van der Waals surface area contributed by atoms with Gasteiger partial charge in [-0.3, -0.25) is 4.79 Å². The number of hydrogen-bond donors (Lipinski definition) is 1. The van der Waals surface area contributed by atoms with Crippen molar-refractivity contribution >= 4 is 5.97 Å². The Hall–Kier alpha value is -0.570. The number of aliphatic carboxylic acids is 1. The highest BCUT2D eigenvalue weighted by Crippen LogP contribution is 2.39. The summed E-state index contributed by atoms with van der Waals surface area (Å²) >= 11 is 0. The van der Waals surface area contributed by atoms with Crippen LogP contribution in [0.2, 0.25) is 0 Å². The third-order valence-electron chi connectivity index (χ3n) is 5.47. The molecule has 0 radical (unpaired) electrons. The second-order valence-corrected chi connectivity index (χ2v) is 7.24. The molecule has 1 aliphatic carbocycles. The topological polar surface area (TPSA) is 40.5 Å². The fraction of sp³-hybridized carbons (Fsp3) is 0.938. The third kappa shape index (κ3) is 3.13. The van der Waals surface area contributed by atoms with Gasteiger partial charge in [0, 0.05) is 13.1 Å². The van der Waals surface area contributed by atoms with Gasteiger partial charge in [0.25, 0.3) is 0 Å². The lowest BCUT2D eigenvalue weighted by Gasteiger charge is -2.32. The Kier molecular flexibility index (Phi) is 4.54. The maximum atomic E-state index is 11.6. The summed E-state index contributed by atoms with van der Waals surface area (Å²) in [7, 11) is 0. The molecule has 19 heavy (non-hydrogen) atoms. The second-order valence-electron chi connectivity index (χ2n) is 7.24. The van der Waals surface area contributed by atoms with Crippen LogP contribution in [0.1, 0.15) is 52.9 Å². The van der Waals surface area contributed by atoms with E-state index in [9.17, 15) is 9.90 Å². The maximum absolute atomic E-state index is 11.6. The average molecular weight is 267 g/mol. The standard InChI is InChI=1S/C16H29NO2/c1-12(2)16(15(18)19)7-8-17(11-16)10-14-6-4-5-13(3)9-14/h12-14H,4-11H2,1-3H3,(H,18,19). The molecule has 1 N–H and O–H groups in total. The molecule has 3 unspecified atom stereocenters. The minimum absolute atomic E-state index is 0.222. The van der Waals surface area contributed by atoms with Gasteiger partial charge in [0.15, 0.2) is 0 Å². The highest BCUT2D eigenvalue weighted by Gasteiger charge is 2.47. The SMILES string of the molecule is CC1CCCC(CN2CCC(C(=O)O)(C(C)C)C2)C1. The number of likely N-dealkylation sites (tertiary alicyclic amines) is 1. The second kappa shape index (κ2) is 5.82. The van der Waals surface area contributed by atoms with E-state index in [-0.39, 0.29) is 5.92 Å². The van der Waals surface area contributed by atoms with E-state index in [1.165, 1.54) is 25.7 Å². The van der Waals surface area contributed by atoms with Crippen LogP contribution in [0.3, 0.4) is 0 Å². The highest BCUT2D eigenvalue weighted by molar-refractivity contribution is 5.75. The first-order valence-corrected chi connectivity index (χ1v) is 7.90. The van der Waals surface area contributed by atoms with Crippen LogP contribution in [0, 0.1) is 23.2 Å². The van der Waals surface area contributed by atoms with Gasteiger partial charge in [-0.25, -0.2) is 0 Å². The van der Waals surface area contributed by atoms with Crippen LogP contribution >= 0.6 is 0 Å². The van der Waals surface area contributed by atoms with Crippen LogP contribution in [0.5, 0.6) is 0 Å². The summed E-state index contributed by atoms with van der Waals surface area (Å²) in [5, 5.41) is 9.57. The van der Waals surface area contributed by atoms with E-state index >= 15 is 0 Å². The highest BCUT2D eigenvalue weighted by atomic mass is 16.4. The van der Waals surface area contributed by atoms with Crippen molar-refractivity contribution in [3.8, 4) is 0 Å². The fourth-order valence-corrected chi connectivity index (χ4v) is 4.05. The Morgan fingerprint density at radius 2 is 2.16 bits per heavy atom. The number of carboxylic acids is 1. The molecular weight excluding hydrogens is 238 g/mol. The van der Waals surface area contributed by atoms with E-state index in [1.54, 1.807) is 0 Å². The smallest absolute Gasteiger partial charge is 0.311 e. The van der Waals surface area contributed by atoms with Crippen molar-refractivity contribution < 1.29 is 9.90 Å². The summed E-state index contributed by atoms with van der Waals surface area (Å²) in [5.74, 6) is 1.28. The van der Waals surface area contributed by atoms with Gasteiger partial charge in [0.1, 0.15) is 0 Å². The van der Waals surface area contributed by atoms with Crippen LogP contribution in [0.15, 0.2) is 0 Å². The van der Waals surface area contributed by atoms with Crippen molar-refractivity contribution in [3.05, 3.63) is 0 Å². The number of hydrogen-bond acceptors (Lipinski definition) is 2. The molecule has 110 valence electrons. The van der Waals surface area contributed by atoms with E-state index in [0.29, 0.717) is 0 Å². The van der Waals surface area contributed by atoms with E-state index in [2.05, 4.69) is 25.7 Å². The summed E-state index contributed by atoms with van der Waals surface area (Å²) in [4.78, 5) is 14.0. The third-order valence-corrected chi connectivity index (χ3v) is 5.47. The molecule has 1 saturated heterocycles. The van der Waals surface area contributed by atoms with E-state index in [4.69, 9.17) is 0 Å². The Morgan fingerprint density at radius 3 is 2.68 bits per heavy atom. The van der Waals surface area contributed by atoms with Crippen LogP contribution < -0.4 is 0 Å². The van der Waals surface area contributed by atoms with Crippen molar-refractivity contribution in [1.29, 1.82) is 0 Å². The molecule has 0 amide bonds. The Morgan fingerprint density at radius 1 is 1.42 bits per heavy atom. The van der Waals surface area contributed by atoms with Gasteiger partial charge < -0.3 is 10.0 Å². The van der Waals surface area contributed by atoms with Crippen molar-refractivity contribution in [2.45, 2.75) is 52.9 Å². The average Bonchev–Trinajstić information content (AvgIpc) is 2.74. The molecule has 2 aliphatic rings. The van der Waals surface area contributed by atoms with Crippen LogP contribution in [-0.4, -0.2) is 35.6 Å². The first-order chi connectivity index (χ1) is 8.94. The lowest BCUT2D eigenvalue weighted by Crippen LogP contribution is -2.40. The number of rotatable bonds is 4. The molecule has 0 aromatic rings. The Bertz CT molecular complexity index is 329. The fourth-order valence-electron chi connectivity index (χ4n) is 4.05. The zero-order chi connectivity index (χ0) is 14.0. The quantitative estimate of drug-likeness (QED) is 0.850. The van der Waals surface area contributed by atoms with E-state index < -0.39 is 11.4 Å². The van der Waals surface area contributed by atoms with Crippen molar-refractivity contribution in [1.82, 2.24) is 4.90 Å². The molecule has 3 atom stereocenters. The minimum Gasteiger partial charge on any atom is -0.481 e. The molecule has 0 bridgehead atoms. The normalized spacial score (nSPS) is 36.8. The molecule has 0 aromatic carbocycles. The summed E-state index contributed by atoms with van der Waals surface area (Å²) in [6.07, 6.45) is 6.22. The zero-order valence-corrected chi connectivity index (χ0v) is 12.7. The summed E-state index contributed by atoms with van der Waals surface area (Å²) in [5.41, 5.74) is -0.500. The predicted octanol–water partition coefficient (Wildman–Crippen LogP) is 3.25. The van der Waals surface area contributed by atoms with Crippen molar-refractivity contribution in [2.24, 2.45) is 23.2 Å². The van der Waals surface area contributed by atoms with Gasteiger partial charge in [-0.05, 0) is 43.6 Å². The van der Waals surface area contributed by atoms with Gasteiger partial charge in [0.2, 0.25) is 0 Å². The largest absolute Gasteiger partial charge is 0.481 e. The van der Waals surface area contributed by atoms with Crippen LogP contribution in [0.4, 0.5) is 0 Å². The molecule has 3 heteroatoms. The first kappa shape index (κ1) is 14.8. The molecule has 2 fully saturated rings. The number of carboxylic acid groups (broad SMARTS) is 1. The summed E-state index contributed by atoms with van der Waals surface area (Å²) in [6, 6.07) is 0. The van der Waals surface area contributed by atoms with Crippen molar-refractivity contribution in [2.75, 3.05) is 19.6 Å². The first-order valence-electron chi connectivity index (χ1n) is 7.90. The van der Waals surface area contributed by atoms with E-state index in [1.807, 2.05) is 0 Å². The lowest BCUT2D eigenvalue weighted by atomic mass is 9.76. The predicted molar refractivity (Wildman–Crippen MR) is 77.1 cm³/mol. The van der Waals surface area contributed by atoms with Gasteiger partial charge >= 0.3 is 5.97 Å². The van der Waals surface area contributed by atoms with Gasteiger partial charge in [-0.2, -0.15) is 0 Å². The van der Waals surface area contributed by atoms with Crippen molar-refractivity contribution in [3.63, 3.8) is 0 Å². The Balaban J connectivity index is 1.92. The minimum atomic E-state index is -0.595. The van der Waals surface area contributed by atoms with Crippen LogP contribution in [-0.2, 0) is 4.79 Å². The molecule has 0 aromatic heterocycles. The number of carbonyl (C=O) groups is 1. The van der Waals surface area contributed by atoms with E-state index in [0.717, 1.165) is 37.9 Å². The maximum Gasteiger partial charge on any atom is 0.311 e. The molecule has 1 saturated carbocycles. The lowest BCUT2D eigenvalue weighted by molar-refractivity contribution is -0.151. The molecular formula is C16H29NO2. The number of nitrogens with zero attached hydrogens (tertiary/aromatic N) is 1. The summed E-state index contributed by atoms with van der Waals surface area (Å²) in [6.45, 7) is 9.30. The van der Waals surface area contributed by atoms with Gasteiger partial charge in [-0.1, -0.05) is 33.6 Å². The molecule has 2 rings (SSSR count). The van der Waals surface area contributed by atoms with Crippen LogP contribution in [0.25, 0.3) is 0 Å². The monoisotopic (exact) mass is 267 g/mol. The van der Waals surface area contributed by atoms with Gasteiger partial charge in [0.05, 0.1) is 5.41 Å². The molecule has 1 heterocycles. The summed E-state index contributed by atoms with van der Waals surface area (Å²) < 4.78 is 0. The molecule has 1 aliphatic heterocycles. The van der Waals surface area contributed by atoms with Gasteiger partial charge in [-0.15, -0.1) is 0 Å². The Labute approximate surface area is 117 Å². The molecule has 0 spiro atoms.